The van der Waals surface area contributed by atoms with E-state index in [4.69, 9.17) is 0 Å². The zero-order valence-corrected chi connectivity index (χ0v) is 12.4. The van der Waals surface area contributed by atoms with Crippen LogP contribution in [0, 0.1) is 47.3 Å². The highest BCUT2D eigenvalue weighted by Gasteiger charge is 2.58. The Morgan fingerprint density at radius 3 is 2.47 bits per heavy atom. The first-order valence-corrected chi connectivity index (χ1v) is 9.38. The maximum atomic E-state index is 1.66. The van der Waals surface area contributed by atoms with Gasteiger partial charge in [-0.3, -0.25) is 0 Å². The summed E-state index contributed by atoms with van der Waals surface area (Å²) in [5.74, 6) is 9.46. The Kier molecular flexibility index (Phi) is 2.60. The first-order chi connectivity index (χ1) is 9.38. The minimum absolute atomic E-state index is 1.14. The summed E-state index contributed by atoms with van der Waals surface area (Å²) >= 11 is 0. The molecule has 7 unspecified atom stereocenters. The molecule has 0 aromatic rings. The number of fused-ring (bicyclic) bond motifs is 8. The molecular weight excluding hydrogens is 228 g/mol. The van der Waals surface area contributed by atoms with Gasteiger partial charge in [0.25, 0.3) is 0 Å². The molecule has 7 atom stereocenters. The second kappa shape index (κ2) is 4.25. The van der Waals surface area contributed by atoms with Crippen LogP contribution in [0.1, 0.15) is 70.6 Å². The van der Waals surface area contributed by atoms with E-state index in [1.807, 2.05) is 0 Å². The summed E-state index contributed by atoms with van der Waals surface area (Å²) in [6, 6.07) is 0. The van der Waals surface area contributed by atoms with E-state index in [1.165, 1.54) is 41.4 Å². The Balaban J connectivity index is 1.34. The second-order valence-corrected chi connectivity index (χ2v) is 8.96. The van der Waals surface area contributed by atoms with E-state index >= 15 is 0 Å². The summed E-state index contributed by atoms with van der Waals surface area (Å²) in [7, 11) is 0. The highest BCUT2D eigenvalue weighted by molar-refractivity contribution is 5.07. The first kappa shape index (κ1) is 11.6. The lowest BCUT2D eigenvalue weighted by Crippen LogP contribution is -2.36. The number of hydrogen-bond acceptors (Lipinski definition) is 0. The molecule has 0 N–H and O–H groups in total. The molecule has 0 heterocycles. The van der Waals surface area contributed by atoms with Crippen LogP contribution in [0.2, 0.25) is 0 Å². The van der Waals surface area contributed by atoms with Crippen molar-refractivity contribution in [3.05, 3.63) is 0 Å². The molecule has 0 radical (unpaired) electrons. The van der Waals surface area contributed by atoms with Gasteiger partial charge in [0.15, 0.2) is 0 Å². The van der Waals surface area contributed by atoms with E-state index in [0.717, 1.165) is 5.92 Å². The van der Waals surface area contributed by atoms with Crippen LogP contribution in [0.25, 0.3) is 0 Å². The molecule has 0 amide bonds. The molecule has 5 saturated carbocycles. The third-order valence-electron chi connectivity index (χ3n) is 8.22. The van der Waals surface area contributed by atoms with Crippen LogP contribution < -0.4 is 0 Å². The van der Waals surface area contributed by atoms with Gasteiger partial charge in [0.05, 0.1) is 0 Å². The predicted molar refractivity (Wildman–Crippen MR) is 78.7 cm³/mol. The third-order valence-corrected chi connectivity index (χ3v) is 8.22. The van der Waals surface area contributed by atoms with E-state index < -0.39 is 0 Å². The molecule has 0 heteroatoms. The molecule has 0 nitrogen and oxygen atoms in total. The second-order valence-electron chi connectivity index (χ2n) is 8.96. The normalized spacial score (nSPS) is 55.9. The lowest BCUT2D eigenvalue weighted by molar-refractivity contribution is 0.0559. The van der Waals surface area contributed by atoms with Gasteiger partial charge >= 0.3 is 0 Å². The van der Waals surface area contributed by atoms with Crippen LogP contribution in [-0.2, 0) is 0 Å². The Morgan fingerprint density at radius 2 is 1.58 bits per heavy atom. The summed E-state index contributed by atoms with van der Waals surface area (Å²) < 4.78 is 0. The first-order valence-electron chi connectivity index (χ1n) is 9.38. The van der Waals surface area contributed by atoms with Gasteiger partial charge in [-0.15, -0.1) is 0 Å². The van der Waals surface area contributed by atoms with Gasteiger partial charge in [0.1, 0.15) is 0 Å². The lowest BCUT2D eigenvalue weighted by atomic mass is 9.62. The highest BCUT2D eigenvalue weighted by atomic mass is 14.6. The molecule has 5 aliphatic carbocycles. The predicted octanol–water partition coefficient (Wildman–Crippen LogP) is 5.28. The fourth-order valence-corrected chi connectivity index (χ4v) is 7.71. The molecule has 5 fully saturated rings. The van der Waals surface area contributed by atoms with E-state index in [2.05, 4.69) is 0 Å². The lowest BCUT2D eigenvalue weighted by Gasteiger charge is -2.43. The monoisotopic (exact) mass is 258 g/mol. The largest absolute Gasteiger partial charge is 0.0530 e. The molecule has 0 saturated heterocycles. The van der Waals surface area contributed by atoms with Gasteiger partial charge < -0.3 is 0 Å². The maximum absolute atomic E-state index is 1.66. The van der Waals surface area contributed by atoms with Crippen LogP contribution in [0.5, 0.6) is 0 Å². The summed E-state index contributed by atoms with van der Waals surface area (Å²) in [5, 5.41) is 0. The standard InChI is InChI=1S/C19H30/c1-2-4-12(3-1)7-15-10-16-11-18(15)19-14-6-5-13(8-14)9-17(16)19/h12-19H,1-11H2. The van der Waals surface area contributed by atoms with Crippen molar-refractivity contribution in [3.8, 4) is 0 Å². The smallest absolute Gasteiger partial charge is 0.0323 e. The summed E-state index contributed by atoms with van der Waals surface area (Å²) in [6.07, 6.45) is 17.7. The Hall–Kier alpha value is 0. The molecular formula is C19H30. The van der Waals surface area contributed by atoms with Crippen molar-refractivity contribution in [2.45, 2.75) is 70.6 Å². The van der Waals surface area contributed by atoms with Crippen LogP contribution >= 0.6 is 0 Å². The SMILES string of the molecule is C1CCC(CC2CC3CC2C2C4CCC(C4)CC32)C1. The molecule has 5 aliphatic rings. The minimum atomic E-state index is 1.14. The number of hydrogen-bond donors (Lipinski definition) is 0. The van der Waals surface area contributed by atoms with Crippen LogP contribution in [0.15, 0.2) is 0 Å². The zero-order chi connectivity index (χ0) is 12.4. The van der Waals surface area contributed by atoms with Crippen LogP contribution in [0.3, 0.4) is 0 Å². The molecule has 0 spiro atoms. The van der Waals surface area contributed by atoms with Crippen molar-refractivity contribution >= 4 is 0 Å². The molecule has 106 valence electrons. The molecule has 0 aliphatic heterocycles. The van der Waals surface area contributed by atoms with Crippen LogP contribution in [-0.4, -0.2) is 0 Å². The average Bonchev–Trinajstić information content (AvgIpc) is 3.15. The summed E-state index contributed by atoms with van der Waals surface area (Å²) in [4.78, 5) is 0. The number of rotatable bonds is 2. The summed E-state index contributed by atoms with van der Waals surface area (Å²) in [5.41, 5.74) is 0. The van der Waals surface area contributed by atoms with Crippen molar-refractivity contribution in [3.63, 3.8) is 0 Å². The molecule has 0 aromatic carbocycles. The van der Waals surface area contributed by atoms with Gasteiger partial charge in [-0.05, 0) is 85.9 Å². The van der Waals surface area contributed by atoms with Gasteiger partial charge in [-0.2, -0.15) is 0 Å². The molecule has 4 bridgehead atoms. The average molecular weight is 258 g/mol. The fourth-order valence-electron chi connectivity index (χ4n) is 7.71. The zero-order valence-electron chi connectivity index (χ0n) is 12.4. The van der Waals surface area contributed by atoms with E-state index in [-0.39, 0.29) is 0 Å². The quantitative estimate of drug-likeness (QED) is 0.632. The van der Waals surface area contributed by atoms with Gasteiger partial charge in [0, 0.05) is 0 Å². The van der Waals surface area contributed by atoms with E-state index in [9.17, 15) is 0 Å². The van der Waals surface area contributed by atoms with E-state index in [1.54, 1.807) is 70.6 Å². The molecule has 19 heavy (non-hydrogen) atoms. The summed E-state index contributed by atoms with van der Waals surface area (Å²) in [6.45, 7) is 0. The van der Waals surface area contributed by atoms with Crippen molar-refractivity contribution in [2.75, 3.05) is 0 Å². The van der Waals surface area contributed by atoms with Crippen molar-refractivity contribution in [1.29, 1.82) is 0 Å². The Labute approximate surface area is 118 Å². The Morgan fingerprint density at radius 1 is 0.684 bits per heavy atom. The maximum Gasteiger partial charge on any atom is -0.0323 e. The molecule has 0 aromatic heterocycles. The van der Waals surface area contributed by atoms with Gasteiger partial charge in [0.2, 0.25) is 0 Å². The third kappa shape index (κ3) is 1.70. The Bertz CT molecular complexity index is 353. The van der Waals surface area contributed by atoms with Crippen molar-refractivity contribution in [1.82, 2.24) is 0 Å². The van der Waals surface area contributed by atoms with Crippen molar-refractivity contribution in [2.24, 2.45) is 47.3 Å². The van der Waals surface area contributed by atoms with Crippen molar-refractivity contribution < 1.29 is 0 Å². The fraction of sp³-hybridized carbons (Fsp3) is 1.00. The van der Waals surface area contributed by atoms with Gasteiger partial charge in [-0.1, -0.05) is 32.1 Å². The van der Waals surface area contributed by atoms with Crippen LogP contribution in [0.4, 0.5) is 0 Å². The highest BCUT2D eigenvalue weighted by Crippen LogP contribution is 2.66. The van der Waals surface area contributed by atoms with E-state index in [0.29, 0.717) is 0 Å². The molecule has 5 rings (SSSR count). The van der Waals surface area contributed by atoms with Gasteiger partial charge in [-0.25, -0.2) is 0 Å². The topological polar surface area (TPSA) is 0 Å². The minimum Gasteiger partial charge on any atom is -0.0530 e.